The molecule has 0 N–H and O–H groups in total. The van der Waals surface area contributed by atoms with Gasteiger partial charge in [0.1, 0.15) is 5.75 Å². The quantitative estimate of drug-likeness (QED) is 0.478. The maximum absolute atomic E-state index is 13.5. The molecule has 2 aliphatic heterocycles. The Morgan fingerprint density at radius 3 is 2.42 bits per heavy atom. The van der Waals surface area contributed by atoms with Crippen LogP contribution in [-0.2, 0) is 5.41 Å². The minimum Gasteiger partial charge on any atom is -0.496 e. The van der Waals surface area contributed by atoms with E-state index in [-0.39, 0.29) is 5.91 Å². The number of carbonyl (C=O) groups excluding carboxylic acids is 1. The zero-order chi connectivity index (χ0) is 24.5. The first kappa shape index (κ1) is 22.9. The maximum atomic E-state index is 13.5. The molecule has 0 spiro atoms. The van der Waals surface area contributed by atoms with Gasteiger partial charge in [-0.05, 0) is 42.2 Å². The number of rotatable bonds is 6. The fourth-order valence-corrected chi connectivity index (χ4v) is 5.71. The molecule has 36 heavy (non-hydrogen) atoms. The molecule has 0 unspecified atom stereocenters. The number of amides is 1. The number of benzene rings is 3. The Labute approximate surface area is 213 Å². The standard InChI is InChI=1S/C31H33N3O2/c1-36-29-22-26(34-17-7-9-24-8-5-6-12-28(24)34)13-14-27(29)30(35)33-20-18-32(19-21-33)23-31(15-16-31)25-10-3-2-4-11-25/h2-14,22H,15-21,23H2,1H3. The predicted octanol–water partition coefficient (Wildman–Crippen LogP) is 5.35. The summed E-state index contributed by atoms with van der Waals surface area (Å²) in [6.45, 7) is 5.20. The predicted molar refractivity (Wildman–Crippen MR) is 145 cm³/mol. The molecule has 1 saturated carbocycles. The van der Waals surface area contributed by atoms with Crippen LogP contribution in [0.25, 0.3) is 6.08 Å². The van der Waals surface area contributed by atoms with E-state index in [1.54, 1.807) is 7.11 Å². The number of fused-ring (bicyclic) bond motifs is 1. The highest BCUT2D eigenvalue weighted by molar-refractivity contribution is 5.98. The minimum absolute atomic E-state index is 0.0567. The van der Waals surface area contributed by atoms with Crippen LogP contribution in [0.2, 0.25) is 0 Å². The van der Waals surface area contributed by atoms with Gasteiger partial charge in [0.05, 0.1) is 12.7 Å². The Hall–Kier alpha value is -3.57. The maximum Gasteiger partial charge on any atom is 0.257 e. The molecule has 3 aromatic carbocycles. The van der Waals surface area contributed by atoms with Gasteiger partial charge in [-0.1, -0.05) is 60.7 Å². The van der Waals surface area contributed by atoms with E-state index in [4.69, 9.17) is 4.74 Å². The van der Waals surface area contributed by atoms with Crippen LogP contribution in [0.1, 0.15) is 34.3 Å². The molecule has 2 heterocycles. The summed E-state index contributed by atoms with van der Waals surface area (Å²) in [6, 6.07) is 25.2. The van der Waals surface area contributed by atoms with Crippen LogP contribution >= 0.6 is 0 Å². The molecule has 0 aromatic heterocycles. The van der Waals surface area contributed by atoms with E-state index in [9.17, 15) is 4.79 Å². The van der Waals surface area contributed by atoms with Crippen molar-refractivity contribution in [2.45, 2.75) is 18.3 Å². The van der Waals surface area contributed by atoms with Gasteiger partial charge in [-0.25, -0.2) is 0 Å². The average Bonchev–Trinajstić information content (AvgIpc) is 3.73. The molecular weight excluding hydrogens is 446 g/mol. The van der Waals surface area contributed by atoms with Crippen LogP contribution in [0.3, 0.4) is 0 Å². The lowest BCUT2D eigenvalue weighted by Crippen LogP contribution is -2.50. The number of piperazine rings is 1. The van der Waals surface area contributed by atoms with E-state index in [1.165, 1.54) is 29.7 Å². The first-order valence-electron chi connectivity index (χ1n) is 13.0. The molecule has 0 radical (unpaired) electrons. The van der Waals surface area contributed by atoms with Gasteiger partial charge in [0.15, 0.2) is 0 Å². The van der Waals surface area contributed by atoms with E-state index in [0.717, 1.165) is 45.0 Å². The van der Waals surface area contributed by atoms with Crippen LogP contribution in [0.15, 0.2) is 78.9 Å². The molecule has 5 nitrogen and oxygen atoms in total. The Morgan fingerprint density at radius 1 is 0.917 bits per heavy atom. The number of para-hydroxylation sites is 1. The monoisotopic (exact) mass is 479 g/mol. The van der Waals surface area contributed by atoms with Crippen molar-refractivity contribution in [1.29, 1.82) is 0 Å². The van der Waals surface area contributed by atoms with E-state index in [0.29, 0.717) is 16.7 Å². The SMILES string of the molecule is COc1cc(N2CC=Cc3ccccc32)ccc1C(=O)N1CCN(CC2(c3ccccc3)CC2)CC1. The lowest BCUT2D eigenvalue weighted by atomic mass is 9.95. The topological polar surface area (TPSA) is 36.0 Å². The summed E-state index contributed by atoms with van der Waals surface area (Å²) in [5, 5.41) is 0. The van der Waals surface area contributed by atoms with Gasteiger partial charge in [-0.15, -0.1) is 0 Å². The third-order valence-electron chi connectivity index (χ3n) is 7.97. The average molecular weight is 480 g/mol. The van der Waals surface area contributed by atoms with Gasteiger partial charge >= 0.3 is 0 Å². The van der Waals surface area contributed by atoms with Gasteiger partial charge in [0.25, 0.3) is 5.91 Å². The van der Waals surface area contributed by atoms with Gasteiger partial charge in [0.2, 0.25) is 0 Å². The highest BCUT2D eigenvalue weighted by Gasteiger charge is 2.45. The van der Waals surface area contributed by atoms with Crippen LogP contribution < -0.4 is 9.64 Å². The summed E-state index contributed by atoms with van der Waals surface area (Å²) in [7, 11) is 1.65. The lowest BCUT2D eigenvalue weighted by molar-refractivity contribution is 0.0622. The molecule has 0 atom stereocenters. The first-order chi connectivity index (χ1) is 17.7. The summed E-state index contributed by atoms with van der Waals surface area (Å²) in [4.78, 5) is 20.3. The molecule has 1 saturated heterocycles. The summed E-state index contributed by atoms with van der Waals surface area (Å²) in [6.07, 6.45) is 6.84. The van der Waals surface area contributed by atoms with Crippen LogP contribution in [0.4, 0.5) is 11.4 Å². The Morgan fingerprint density at radius 2 is 1.67 bits per heavy atom. The van der Waals surface area contributed by atoms with Gasteiger partial charge in [-0.2, -0.15) is 0 Å². The van der Waals surface area contributed by atoms with E-state index < -0.39 is 0 Å². The van der Waals surface area contributed by atoms with Crippen molar-refractivity contribution in [3.8, 4) is 5.75 Å². The molecule has 1 amide bonds. The molecule has 1 aliphatic carbocycles. The summed E-state index contributed by atoms with van der Waals surface area (Å²) in [5.74, 6) is 0.689. The lowest BCUT2D eigenvalue weighted by Gasteiger charge is -2.37. The number of methoxy groups -OCH3 is 1. The highest BCUT2D eigenvalue weighted by atomic mass is 16.5. The number of ether oxygens (including phenoxy) is 1. The van der Waals surface area contributed by atoms with E-state index in [2.05, 4.69) is 76.5 Å². The van der Waals surface area contributed by atoms with Gasteiger partial charge in [-0.3, -0.25) is 9.69 Å². The minimum atomic E-state index is 0.0567. The number of carbonyl (C=O) groups is 1. The molecule has 6 rings (SSSR count). The second-order valence-corrected chi connectivity index (χ2v) is 10.2. The number of anilines is 2. The summed E-state index contributed by atoms with van der Waals surface area (Å²) < 4.78 is 5.72. The third kappa shape index (κ3) is 4.28. The second-order valence-electron chi connectivity index (χ2n) is 10.2. The van der Waals surface area contributed by atoms with Crippen molar-refractivity contribution in [3.63, 3.8) is 0 Å². The zero-order valence-electron chi connectivity index (χ0n) is 20.9. The van der Waals surface area contributed by atoms with Crippen molar-refractivity contribution in [2.24, 2.45) is 0 Å². The highest BCUT2D eigenvalue weighted by Crippen LogP contribution is 2.48. The van der Waals surface area contributed by atoms with Crippen LogP contribution in [0, 0.1) is 0 Å². The molecule has 0 bridgehead atoms. The fraction of sp³-hybridized carbons (Fsp3) is 0.323. The Kier molecular flexibility index (Phi) is 6.02. The van der Waals surface area contributed by atoms with Gasteiger partial charge < -0.3 is 14.5 Å². The molecular formula is C31H33N3O2. The van der Waals surface area contributed by atoms with Crippen molar-refractivity contribution in [1.82, 2.24) is 9.80 Å². The van der Waals surface area contributed by atoms with Crippen molar-refractivity contribution in [2.75, 3.05) is 51.3 Å². The number of hydrogen-bond acceptors (Lipinski definition) is 4. The largest absolute Gasteiger partial charge is 0.496 e. The molecule has 5 heteroatoms. The van der Waals surface area contributed by atoms with E-state index >= 15 is 0 Å². The number of hydrogen-bond donors (Lipinski definition) is 0. The third-order valence-corrected chi connectivity index (χ3v) is 7.97. The molecule has 3 aromatic rings. The zero-order valence-corrected chi connectivity index (χ0v) is 20.9. The van der Waals surface area contributed by atoms with E-state index in [1.807, 2.05) is 23.1 Å². The van der Waals surface area contributed by atoms with Gasteiger partial charge in [0, 0.05) is 62.1 Å². The normalized spacial score (nSPS) is 18.6. The van der Waals surface area contributed by atoms with Crippen molar-refractivity contribution < 1.29 is 9.53 Å². The smallest absolute Gasteiger partial charge is 0.257 e. The second kappa shape index (κ2) is 9.47. The summed E-state index contributed by atoms with van der Waals surface area (Å²) >= 11 is 0. The Bertz CT molecular complexity index is 1270. The Balaban J connectivity index is 1.13. The molecule has 3 aliphatic rings. The summed E-state index contributed by atoms with van der Waals surface area (Å²) in [5.41, 5.74) is 5.80. The van der Waals surface area contributed by atoms with Crippen molar-refractivity contribution >= 4 is 23.4 Å². The molecule has 184 valence electrons. The molecule has 2 fully saturated rings. The van der Waals surface area contributed by atoms with Crippen LogP contribution in [-0.4, -0.2) is 62.1 Å². The van der Waals surface area contributed by atoms with Crippen LogP contribution in [0.5, 0.6) is 5.75 Å². The van der Waals surface area contributed by atoms with Crippen molar-refractivity contribution in [3.05, 3.63) is 95.6 Å². The first-order valence-corrected chi connectivity index (χ1v) is 13.0. The number of nitrogens with zero attached hydrogens (tertiary/aromatic N) is 3. The fourth-order valence-electron chi connectivity index (χ4n) is 5.71.